The lowest BCUT2D eigenvalue weighted by Gasteiger charge is -2.15. The molecule has 2 aromatic heterocycles. The molecule has 1 amide bonds. The minimum atomic E-state index is -0.201. The van der Waals surface area contributed by atoms with Gasteiger partial charge in [0.25, 0.3) is 5.95 Å². The minimum absolute atomic E-state index is 0.150. The molecule has 1 unspecified atom stereocenters. The van der Waals surface area contributed by atoms with Crippen LogP contribution in [-0.2, 0) is 4.79 Å². The minimum Gasteiger partial charge on any atom is -0.349 e. The largest absolute Gasteiger partial charge is 0.349 e. The van der Waals surface area contributed by atoms with Gasteiger partial charge in [-0.25, -0.2) is 9.36 Å². The fraction of sp³-hybridized carbons (Fsp3) is 0.294. The predicted octanol–water partition coefficient (Wildman–Crippen LogP) is 2.42. The Balaban J connectivity index is 1.63. The van der Waals surface area contributed by atoms with E-state index in [-0.39, 0.29) is 17.7 Å². The Bertz CT molecular complexity index is 968. The number of nitrogen functional groups attached to an aromatic ring is 1. The van der Waals surface area contributed by atoms with Crippen molar-refractivity contribution < 1.29 is 4.79 Å². The third-order valence-corrected chi connectivity index (χ3v) is 5.21. The number of carbonyl (C=O) groups is 1. The highest BCUT2D eigenvalue weighted by molar-refractivity contribution is 7.99. The topological polar surface area (TPSA) is 104 Å². The Labute approximate surface area is 166 Å². The van der Waals surface area contributed by atoms with Crippen LogP contribution in [0.25, 0.3) is 5.95 Å². The molecule has 2 heterocycles. The van der Waals surface area contributed by atoms with E-state index in [0.29, 0.717) is 16.1 Å². The molecule has 1 atom stereocenters. The summed E-state index contributed by atoms with van der Waals surface area (Å²) in [5, 5.41) is 16.4. The lowest BCUT2D eigenvalue weighted by atomic mass is 10.1. The Morgan fingerprint density at radius 1 is 1.33 bits per heavy atom. The van der Waals surface area contributed by atoms with Crippen LogP contribution in [-0.4, -0.2) is 36.3 Å². The molecule has 0 saturated heterocycles. The van der Waals surface area contributed by atoms with E-state index in [0.717, 1.165) is 17.0 Å². The number of thioether (sulfide) groups is 1. The van der Waals surface area contributed by atoms with E-state index in [2.05, 4.69) is 20.6 Å². The highest BCUT2D eigenvalue weighted by Crippen LogP contribution is 2.23. The highest BCUT2D eigenvalue weighted by atomic mass is 35.5. The van der Waals surface area contributed by atoms with Crippen molar-refractivity contribution in [2.24, 2.45) is 0 Å². The van der Waals surface area contributed by atoms with Crippen LogP contribution in [0.3, 0.4) is 0 Å². The lowest BCUT2D eigenvalue weighted by molar-refractivity contribution is -0.119. The predicted molar refractivity (Wildman–Crippen MR) is 106 cm³/mol. The average Bonchev–Trinajstić information content (AvgIpc) is 3.14. The third-order valence-electron chi connectivity index (χ3n) is 3.93. The summed E-state index contributed by atoms with van der Waals surface area (Å²) in [6, 6.07) is 9.14. The van der Waals surface area contributed by atoms with Gasteiger partial charge in [0.2, 0.25) is 11.1 Å². The van der Waals surface area contributed by atoms with Crippen molar-refractivity contribution in [3.63, 3.8) is 0 Å². The Hall–Kier alpha value is -2.52. The quantitative estimate of drug-likeness (QED) is 0.482. The van der Waals surface area contributed by atoms with Crippen LogP contribution >= 0.6 is 23.4 Å². The summed E-state index contributed by atoms with van der Waals surface area (Å²) in [5.74, 6) is 6.47. The second-order valence-corrected chi connectivity index (χ2v) is 7.44. The number of carbonyl (C=O) groups excluding carboxylic acids is 1. The zero-order valence-corrected chi connectivity index (χ0v) is 16.8. The molecular weight excluding hydrogens is 386 g/mol. The number of benzene rings is 1. The maximum Gasteiger partial charge on any atom is 0.271 e. The second-order valence-electron chi connectivity index (χ2n) is 6.09. The van der Waals surface area contributed by atoms with Crippen molar-refractivity contribution in [1.82, 2.24) is 30.0 Å². The molecule has 8 nitrogen and oxygen atoms in total. The third kappa shape index (κ3) is 4.25. The maximum atomic E-state index is 12.3. The molecule has 10 heteroatoms. The molecule has 3 aromatic rings. The van der Waals surface area contributed by atoms with Crippen LogP contribution in [0.4, 0.5) is 0 Å². The van der Waals surface area contributed by atoms with E-state index in [1.54, 1.807) is 10.7 Å². The number of nitrogens with two attached hydrogens (primary N) is 1. The summed E-state index contributed by atoms with van der Waals surface area (Å²) >= 11 is 7.37. The molecule has 0 aliphatic heterocycles. The number of hydrogen-bond acceptors (Lipinski definition) is 6. The van der Waals surface area contributed by atoms with Crippen molar-refractivity contribution in [2.45, 2.75) is 32.0 Å². The van der Waals surface area contributed by atoms with Gasteiger partial charge in [-0.15, -0.1) is 10.2 Å². The monoisotopic (exact) mass is 405 g/mol. The molecule has 1 aromatic carbocycles. The van der Waals surface area contributed by atoms with Crippen LogP contribution in [0.5, 0.6) is 0 Å². The van der Waals surface area contributed by atoms with Crippen molar-refractivity contribution in [2.75, 3.05) is 11.6 Å². The van der Waals surface area contributed by atoms with Gasteiger partial charge in [-0.05, 0) is 38.5 Å². The van der Waals surface area contributed by atoms with Gasteiger partial charge in [-0.2, -0.15) is 5.10 Å². The van der Waals surface area contributed by atoms with Gasteiger partial charge < -0.3 is 11.2 Å². The molecule has 0 aliphatic rings. The molecule has 0 bridgehead atoms. The summed E-state index contributed by atoms with van der Waals surface area (Å²) in [7, 11) is 0. The summed E-state index contributed by atoms with van der Waals surface area (Å²) in [6.45, 7) is 5.68. The first-order chi connectivity index (χ1) is 12.9. The lowest BCUT2D eigenvalue weighted by Crippen LogP contribution is -2.28. The number of amides is 1. The Morgan fingerprint density at radius 2 is 2.07 bits per heavy atom. The molecule has 0 saturated carbocycles. The summed E-state index contributed by atoms with van der Waals surface area (Å²) < 4.78 is 2.95. The van der Waals surface area contributed by atoms with Crippen molar-refractivity contribution in [3.8, 4) is 5.95 Å². The molecule has 3 rings (SSSR count). The van der Waals surface area contributed by atoms with Gasteiger partial charge in [0, 0.05) is 10.7 Å². The van der Waals surface area contributed by atoms with Crippen molar-refractivity contribution in [3.05, 3.63) is 52.3 Å². The van der Waals surface area contributed by atoms with E-state index in [1.165, 1.54) is 16.4 Å². The van der Waals surface area contributed by atoms with Crippen molar-refractivity contribution >= 4 is 29.3 Å². The number of aromatic nitrogens is 5. The zero-order valence-electron chi connectivity index (χ0n) is 15.2. The average molecular weight is 406 g/mol. The molecular formula is C17H20ClN7OS. The van der Waals surface area contributed by atoms with E-state index in [9.17, 15) is 4.79 Å². The van der Waals surface area contributed by atoms with Crippen LogP contribution in [0.2, 0.25) is 5.02 Å². The first-order valence-electron chi connectivity index (χ1n) is 8.27. The van der Waals surface area contributed by atoms with Crippen LogP contribution in [0.15, 0.2) is 35.5 Å². The first-order valence-corrected chi connectivity index (χ1v) is 9.64. The smallest absolute Gasteiger partial charge is 0.271 e. The number of halogens is 1. The van der Waals surface area contributed by atoms with Gasteiger partial charge in [-0.1, -0.05) is 41.6 Å². The van der Waals surface area contributed by atoms with Crippen molar-refractivity contribution in [1.29, 1.82) is 0 Å². The maximum absolute atomic E-state index is 12.3. The van der Waals surface area contributed by atoms with Gasteiger partial charge in [0.05, 0.1) is 17.5 Å². The van der Waals surface area contributed by atoms with Crippen LogP contribution in [0.1, 0.15) is 29.9 Å². The Morgan fingerprint density at radius 3 is 2.74 bits per heavy atom. The standard InChI is InChI=1S/C17H20ClN7OS/c1-10-8-11(2)25(23-10)16-21-22-17(24(16)19)27-9-15(26)20-12(3)13-6-4-5-7-14(13)18/h4-8,12H,9,19H2,1-3H3,(H,20,26). The fourth-order valence-corrected chi connectivity index (χ4v) is 3.62. The van der Waals surface area contributed by atoms with Crippen LogP contribution in [0, 0.1) is 13.8 Å². The number of nitrogens with one attached hydrogen (secondary N) is 1. The number of hydrogen-bond donors (Lipinski definition) is 2. The number of aryl methyl sites for hydroxylation is 2. The van der Waals surface area contributed by atoms with E-state index in [4.69, 9.17) is 17.4 Å². The molecule has 0 spiro atoms. The Kier molecular flexibility index (Phi) is 5.71. The summed E-state index contributed by atoms with van der Waals surface area (Å²) in [5.41, 5.74) is 2.62. The molecule has 27 heavy (non-hydrogen) atoms. The van der Waals surface area contributed by atoms with Gasteiger partial charge >= 0.3 is 0 Å². The molecule has 142 valence electrons. The molecule has 0 aliphatic carbocycles. The summed E-state index contributed by atoms with van der Waals surface area (Å²) in [6.07, 6.45) is 0. The SMILES string of the molecule is Cc1cc(C)n(-c2nnc(SCC(=O)NC(C)c3ccccc3Cl)n2N)n1. The normalized spacial score (nSPS) is 12.1. The van der Waals surface area contributed by atoms with E-state index >= 15 is 0 Å². The molecule has 0 fully saturated rings. The first kappa shape index (κ1) is 19.2. The van der Waals surface area contributed by atoms with Crippen LogP contribution < -0.4 is 11.2 Å². The van der Waals surface area contributed by atoms with Gasteiger partial charge in [-0.3, -0.25) is 4.79 Å². The van der Waals surface area contributed by atoms with Gasteiger partial charge in [0.1, 0.15) is 0 Å². The molecule has 3 N–H and O–H groups in total. The van der Waals surface area contributed by atoms with Gasteiger partial charge in [0.15, 0.2) is 0 Å². The van der Waals surface area contributed by atoms with E-state index in [1.807, 2.05) is 45.0 Å². The number of rotatable bonds is 6. The number of nitrogens with zero attached hydrogens (tertiary/aromatic N) is 5. The summed E-state index contributed by atoms with van der Waals surface area (Å²) in [4.78, 5) is 12.3. The van der Waals surface area contributed by atoms with E-state index < -0.39 is 0 Å². The fourth-order valence-electron chi connectivity index (χ4n) is 2.66. The zero-order chi connectivity index (χ0) is 19.6. The second kappa shape index (κ2) is 8.01. The molecule has 0 radical (unpaired) electrons. The highest BCUT2D eigenvalue weighted by Gasteiger charge is 2.17.